The lowest BCUT2D eigenvalue weighted by Crippen LogP contribution is -2.26. The van der Waals surface area contributed by atoms with E-state index in [4.69, 9.17) is 8.94 Å². The van der Waals surface area contributed by atoms with E-state index in [0.717, 1.165) is 0 Å². The van der Waals surface area contributed by atoms with E-state index in [1.54, 1.807) is 31.2 Å². The van der Waals surface area contributed by atoms with Gasteiger partial charge in [-0.25, -0.2) is 4.39 Å². The third-order valence-corrected chi connectivity index (χ3v) is 3.55. The Hall–Kier alpha value is -3.03. The molecule has 0 bridgehead atoms. The summed E-state index contributed by atoms with van der Waals surface area (Å²) < 4.78 is 23.9. The van der Waals surface area contributed by atoms with Crippen LogP contribution < -0.4 is 5.32 Å². The van der Waals surface area contributed by atoms with E-state index in [2.05, 4.69) is 20.7 Å². The molecule has 0 unspecified atom stereocenters. The van der Waals surface area contributed by atoms with Crippen molar-refractivity contribution in [3.8, 4) is 11.6 Å². The Morgan fingerprint density at radius 3 is 2.84 bits per heavy atom. The number of benzene rings is 1. The summed E-state index contributed by atoms with van der Waals surface area (Å²) in [6, 6.07) is 8.20. The van der Waals surface area contributed by atoms with Gasteiger partial charge in [-0.05, 0) is 25.0 Å². The second kappa shape index (κ2) is 7.69. The normalized spacial score (nSPS) is 10.8. The standard InChI is InChI=1S/C17H17FN4O3/c1-11-10-14(22-25-11)17-21-20-16(24-17)7-6-15(23)19-9-8-12-4-2-3-5-13(12)18/h2-5,10H,6-9H2,1H3,(H,19,23). The van der Waals surface area contributed by atoms with Crippen molar-refractivity contribution in [2.45, 2.75) is 26.2 Å². The van der Waals surface area contributed by atoms with E-state index in [-0.39, 0.29) is 24.0 Å². The van der Waals surface area contributed by atoms with Crippen molar-refractivity contribution in [2.24, 2.45) is 0 Å². The molecule has 0 atom stereocenters. The van der Waals surface area contributed by atoms with E-state index in [1.807, 2.05) is 0 Å². The van der Waals surface area contributed by atoms with Gasteiger partial charge in [0, 0.05) is 25.5 Å². The van der Waals surface area contributed by atoms with Crippen molar-refractivity contribution in [2.75, 3.05) is 6.54 Å². The number of rotatable bonds is 7. The van der Waals surface area contributed by atoms with E-state index in [1.165, 1.54) is 6.07 Å². The zero-order valence-corrected chi connectivity index (χ0v) is 13.7. The maximum atomic E-state index is 13.5. The van der Waals surface area contributed by atoms with Crippen LogP contribution in [0.2, 0.25) is 0 Å². The lowest BCUT2D eigenvalue weighted by Gasteiger charge is -2.05. The van der Waals surface area contributed by atoms with Crippen molar-refractivity contribution < 1.29 is 18.1 Å². The summed E-state index contributed by atoms with van der Waals surface area (Å²) in [6.45, 7) is 2.13. The average Bonchev–Trinajstić information content (AvgIpc) is 3.23. The quantitative estimate of drug-likeness (QED) is 0.707. The average molecular weight is 344 g/mol. The summed E-state index contributed by atoms with van der Waals surface area (Å²) in [5.74, 6) is 0.822. The summed E-state index contributed by atoms with van der Waals surface area (Å²) in [5, 5.41) is 14.3. The van der Waals surface area contributed by atoms with Crippen LogP contribution in [0, 0.1) is 12.7 Å². The molecule has 1 aromatic carbocycles. The molecule has 25 heavy (non-hydrogen) atoms. The molecule has 0 aliphatic heterocycles. The molecule has 0 aliphatic carbocycles. The number of carbonyl (C=O) groups excluding carboxylic acids is 1. The smallest absolute Gasteiger partial charge is 0.269 e. The maximum Gasteiger partial charge on any atom is 0.269 e. The minimum Gasteiger partial charge on any atom is -0.419 e. The van der Waals surface area contributed by atoms with Crippen molar-refractivity contribution >= 4 is 5.91 Å². The number of hydrogen-bond donors (Lipinski definition) is 1. The first kappa shape index (κ1) is 16.8. The van der Waals surface area contributed by atoms with Crippen molar-refractivity contribution in [1.82, 2.24) is 20.7 Å². The Bertz CT molecular complexity index is 859. The maximum absolute atomic E-state index is 13.5. The second-order valence-electron chi connectivity index (χ2n) is 5.52. The molecule has 2 heterocycles. The number of amides is 1. The van der Waals surface area contributed by atoms with Crippen LogP contribution >= 0.6 is 0 Å². The summed E-state index contributed by atoms with van der Waals surface area (Å²) >= 11 is 0. The van der Waals surface area contributed by atoms with Gasteiger partial charge in [-0.1, -0.05) is 23.4 Å². The molecule has 1 N–H and O–H groups in total. The fourth-order valence-corrected chi connectivity index (χ4v) is 2.27. The van der Waals surface area contributed by atoms with Gasteiger partial charge in [0.1, 0.15) is 11.6 Å². The largest absolute Gasteiger partial charge is 0.419 e. The molecule has 2 aromatic heterocycles. The van der Waals surface area contributed by atoms with Crippen LogP contribution in [0.5, 0.6) is 0 Å². The molecular formula is C17H17FN4O3. The number of aryl methyl sites for hydroxylation is 2. The molecule has 0 radical (unpaired) electrons. The van der Waals surface area contributed by atoms with E-state index in [9.17, 15) is 9.18 Å². The molecule has 3 aromatic rings. The molecule has 7 nitrogen and oxygen atoms in total. The Morgan fingerprint density at radius 1 is 1.24 bits per heavy atom. The van der Waals surface area contributed by atoms with Gasteiger partial charge in [0.15, 0.2) is 5.69 Å². The fraction of sp³-hybridized carbons (Fsp3) is 0.294. The Labute approximate surface area is 143 Å². The van der Waals surface area contributed by atoms with Crippen LogP contribution in [0.4, 0.5) is 4.39 Å². The molecule has 0 aliphatic rings. The van der Waals surface area contributed by atoms with Crippen molar-refractivity contribution in [3.05, 3.63) is 53.4 Å². The van der Waals surface area contributed by atoms with E-state index >= 15 is 0 Å². The highest BCUT2D eigenvalue weighted by atomic mass is 19.1. The topological polar surface area (TPSA) is 94.1 Å². The second-order valence-corrected chi connectivity index (χ2v) is 5.52. The van der Waals surface area contributed by atoms with Gasteiger partial charge in [-0.15, -0.1) is 10.2 Å². The minimum atomic E-state index is -0.266. The zero-order chi connectivity index (χ0) is 17.6. The predicted octanol–water partition coefficient (Wildman–Crippen LogP) is 2.46. The highest BCUT2D eigenvalue weighted by molar-refractivity contribution is 5.76. The SMILES string of the molecule is Cc1cc(-c2nnc(CCC(=O)NCCc3ccccc3F)o2)no1. The van der Waals surface area contributed by atoms with Crippen molar-refractivity contribution in [1.29, 1.82) is 0 Å². The third kappa shape index (κ3) is 4.50. The number of hydrogen-bond acceptors (Lipinski definition) is 6. The van der Waals surface area contributed by atoms with Gasteiger partial charge < -0.3 is 14.3 Å². The number of halogens is 1. The molecule has 0 saturated heterocycles. The third-order valence-electron chi connectivity index (χ3n) is 3.55. The van der Waals surface area contributed by atoms with Gasteiger partial charge in [-0.2, -0.15) is 0 Å². The number of nitrogens with one attached hydrogen (secondary N) is 1. The Balaban J connectivity index is 1.43. The number of nitrogens with zero attached hydrogens (tertiary/aromatic N) is 3. The Kier molecular flexibility index (Phi) is 5.17. The molecule has 1 amide bonds. The van der Waals surface area contributed by atoms with Gasteiger partial charge >= 0.3 is 0 Å². The highest BCUT2D eigenvalue weighted by Gasteiger charge is 2.13. The van der Waals surface area contributed by atoms with Crippen LogP contribution in [0.15, 0.2) is 39.3 Å². The molecule has 0 fully saturated rings. The lowest BCUT2D eigenvalue weighted by atomic mass is 10.1. The molecule has 0 spiro atoms. The highest BCUT2D eigenvalue weighted by Crippen LogP contribution is 2.17. The summed E-state index contributed by atoms with van der Waals surface area (Å²) in [6.07, 6.45) is 0.959. The number of aromatic nitrogens is 3. The van der Waals surface area contributed by atoms with Gasteiger partial charge in [-0.3, -0.25) is 4.79 Å². The lowest BCUT2D eigenvalue weighted by molar-refractivity contribution is -0.121. The molecule has 0 saturated carbocycles. The van der Waals surface area contributed by atoms with Crippen LogP contribution in [-0.4, -0.2) is 27.8 Å². The van der Waals surface area contributed by atoms with E-state index < -0.39 is 0 Å². The molecule has 8 heteroatoms. The van der Waals surface area contributed by atoms with Gasteiger partial charge in [0.2, 0.25) is 11.8 Å². The van der Waals surface area contributed by atoms with Gasteiger partial charge in [0.05, 0.1) is 0 Å². The van der Waals surface area contributed by atoms with Crippen LogP contribution in [0.3, 0.4) is 0 Å². The van der Waals surface area contributed by atoms with Crippen LogP contribution in [0.1, 0.15) is 23.6 Å². The minimum absolute atomic E-state index is 0.159. The first-order chi connectivity index (χ1) is 12.1. The summed E-state index contributed by atoms with van der Waals surface area (Å²) in [7, 11) is 0. The zero-order valence-electron chi connectivity index (χ0n) is 13.7. The number of carbonyl (C=O) groups is 1. The Morgan fingerprint density at radius 2 is 2.08 bits per heavy atom. The summed E-state index contributed by atoms with van der Waals surface area (Å²) in [4.78, 5) is 11.8. The van der Waals surface area contributed by atoms with Crippen LogP contribution in [0.25, 0.3) is 11.6 Å². The molecular weight excluding hydrogens is 327 g/mol. The summed E-state index contributed by atoms with van der Waals surface area (Å²) in [5.41, 5.74) is 1.04. The van der Waals surface area contributed by atoms with Crippen LogP contribution in [-0.2, 0) is 17.6 Å². The van der Waals surface area contributed by atoms with Crippen molar-refractivity contribution in [3.63, 3.8) is 0 Å². The first-order valence-corrected chi connectivity index (χ1v) is 7.88. The first-order valence-electron chi connectivity index (χ1n) is 7.88. The van der Waals surface area contributed by atoms with E-state index in [0.29, 0.717) is 42.3 Å². The van der Waals surface area contributed by atoms with Gasteiger partial charge in [0.25, 0.3) is 5.89 Å². The fourth-order valence-electron chi connectivity index (χ4n) is 2.27. The molecule has 3 rings (SSSR count). The predicted molar refractivity (Wildman–Crippen MR) is 86.0 cm³/mol. The monoisotopic (exact) mass is 344 g/mol. The molecule has 130 valence electrons.